The fourth-order valence-corrected chi connectivity index (χ4v) is 2.68. The molecule has 1 aliphatic heterocycles. The Morgan fingerprint density at radius 1 is 1.14 bits per heavy atom. The van der Waals surface area contributed by atoms with Crippen molar-refractivity contribution in [2.45, 2.75) is 25.7 Å². The van der Waals surface area contributed by atoms with Crippen LogP contribution in [0.5, 0.6) is 5.75 Å². The first-order valence-corrected chi connectivity index (χ1v) is 6.63. The van der Waals surface area contributed by atoms with Crippen molar-refractivity contribution in [1.82, 2.24) is 0 Å². The Kier molecular flexibility index (Phi) is 3.27. The number of hydrogen-bond donors (Lipinski definition) is 1. The van der Waals surface area contributed by atoms with Crippen molar-refractivity contribution in [3.63, 3.8) is 0 Å². The summed E-state index contributed by atoms with van der Waals surface area (Å²) in [5, 5.41) is 3.34. The van der Waals surface area contributed by atoms with Crippen LogP contribution in [0.3, 0.4) is 0 Å². The summed E-state index contributed by atoms with van der Waals surface area (Å²) in [4.78, 5) is 0. The maximum Gasteiger partial charge on any atom is 0.573 e. The number of fused-ring (bicyclic) bond motifs is 1. The van der Waals surface area contributed by atoms with Crippen LogP contribution < -0.4 is 10.1 Å². The summed E-state index contributed by atoms with van der Waals surface area (Å²) < 4.78 is 40.8. The Morgan fingerprint density at radius 3 is 2.62 bits per heavy atom. The van der Waals surface area contributed by atoms with E-state index in [-0.39, 0.29) is 11.8 Å². The van der Waals surface area contributed by atoms with Gasteiger partial charge < -0.3 is 10.1 Å². The van der Waals surface area contributed by atoms with E-state index < -0.39 is 6.36 Å². The van der Waals surface area contributed by atoms with Gasteiger partial charge in [0.2, 0.25) is 0 Å². The lowest BCUT2D eigenvalue weighted by atomic mass is 10.00. The fourth-order valence-electron chi connectivity index (χ4n) is 2.68. The van der Waals surface area contributed by atoms with E-state index in [1.165, 1.54) is 23.3 Å². The number of nitrogens with one attached hydrogen (secondary N) is 1. The molecule has 0 radical (unpaired) electrons. The average molecular weight is 293 g/mol. The number of alkyl halides is 3. The van der Waals surface area contributed by atoms with Gasteiger partial charge in [-0.1, -0.05) is 24.3 Å². The minimum Gasteiger partial charge on any atom is -0.406 e. The van der Waals surface area contributed by atoms with Crippen LogP contribution in [0, 0.1) is 6.92 Å². The second-order valence-electron chi connectivity index (χ2n) is 5.12. The third-order valence-electron chi connectivity index (χ3n) is 3.64. The highest BCUT2D eigenvalue weighted by Crippen LogP contribution is 2.37. The highest BCUT2D eigenvalue weighted by atomic mass is 19.4. The van der Waals surface area contributed by atoms with Crippen LogP contribution in [0.15, 0.2) is 42.5 Å². The van der Waals surface area contributed by atoms with Gasteiger partial charge in [-0.15, -0.1) is 13.2 Å². The number of rotatable bonds is 2. The van der Waals surface area contributed by atoms with Crippen LogP contribution in [0.1, 0.15) is 22.7 Å². The number of aryl methyl sites for hydroxylation is 1. The molecule has 2 nitrogen and oxygen atoms in total. The third kappa shape index (κ3) is 2.96. The number of ether oxygens (including phenoxy) is 1. The molecule has 110 valence electrons. The standard InChI is InChI=1S/C16H14F3NO/c1-10-4-2-7-14-13(10)9-15(20-14)11-5-3-6-12(8-11)21-16(17,18)19/h2-8,15,20H,9H2,1H3. The van der Waals surface area contributed by atoms with Crippen LogP contribution in [0.25, 0.3) is 0 Å². The predicted octanol–water partition coefficient (Wildman–Crippen LogP) is 4.60. The quantitative estimate of drug-likeness (QED) is 0.873. The molecule has 0 bridgehead atoms. The van der Waals surface area contributed by atoms with Gasteiger partial charge in [0.05, 0.1) is 6.04 Å². The maximum absolute atomic E-state index is 12.3. The van der Waals surface area contributed by atoms with E-state index in [2.05, 4.69) is 10.1 Å². The lowest BCUT2D eigenvalue weighted by Crippen LogP contribution is -2.17. The lowest BCUT2D eigenvalue weighted by Gasteiger charge is -2.14. The Hall–Kier alpha value is -2.17. The molecule has 0 aromatic heterocycles. The molecule has 0 amide bonds. The molecule has 2 aromatic rings. The van der Waals surface area contributed by atoms with Gasteiger partial charge in [0.1, 0.15) is 5.75 Å². The smallest absolute Gasteiger partial charge is 0.406 e. The SMILES string of the molecule is Cc1cccc2c1CC(c1cccc(OC(F)(F)F)c1)N2. The monoisotopic (exact) mass is 293 g/mol. The zero-order valence-electron chi connectivity index (χ0n) is 11.4. The lowest BCUT2D eigenvalue weighted by molar-refractivity contribution is -0.274. The Morgan fingerprint density at radius 2 is 1.90 bits per heavy atom. The summed E-state index contributed by atoms with van der Waals surface area (Å²) in [5.74, 6) is -0.186. The molecule has 1 heterocycles. The van der Waals surface area contributed by atoms with Crippen molar-refractivity contribution in [2.75, 3.05) is 5.32 Å². The Balaban J connectivity index is 1.84. The minimum absolute atomic E-state index is 0.0297. The summed E-state index contributed by atoms with van der Waals surface area (Å²) in [6, 6.07) is 12.1. The van der Waals surface area contributed by atoms with E-state index in [0.717, 1.165) is 17.7 Å². The molecule has 3 rings (SSSR count). The van der Waals surface area contributed by atoms with Crippen molar-refractivity contribution in [2.24, 2.45) is 0 Å². The molecule has 1 N–H and O–H groups in total. The highest BCUT2D eigenvalue weighted by molar-refractivity contribution is 5.61. The second kappa shape index (κ2) is 4.98. The number of hydrogen-bond acceptors (Lipinski definition) is 2. The van der Waals surface area contributed by atoms with Gasteiger partial charge in [-0.2, -0.15) is 0 Å². The van der Waals surface area contributed by atoms with E-state index >= 15 is 0 Å². The summed E-state index contributed by atoms with van der Waals surface area (Å²) in [5.41, 5.74) is 4.23. The van der Waals surface area contributed by atoms with Crippen LogP contribution in [-0.2, 0) is 6.42 Å². The number of halogens is 3. The van der Waals surface area contributed by atoms with Gasteiger partial charge in [0.15, 0.2) is 0 Å². The van der Waals surface area contributed by atoms with E-state index in [1.807, 2.05) is 31.2 Å². The predicted molar refractivity (Wildman–Crippen MR) is 74.4 cm³/mol. The van der Waals surface area contributed by atoms with Crippen LogP contribution >= 0.6 is 0 Å². The van der Waals surface area contributed by atoms with Crippen molar-refractivity contribution < 1.29 is 17.9 Å². The Bertz CT molecular complexity index is 667. The van der Waals surface area contributed by atoms with E-state index in [1.54, 1.807) is 6.07 Å². The number of anilines is 1. The summed E-state index contributed by atoms with van der Waals surface area (Å²) in [7, 11) is 0. The fraction of sp³-hybridized carbons (Fsp3) is 0.250. The summed E-state index contributed by atoms with van der Waals surface area (Å²) >= 11 is 0. The second-order valence-corrected chi connectivity index (χ2v) is 5.12. The van der Waals surface area contributed by atoms with Crippen molar-refractivity contribution in [1.29, 1.82) is 0 Å². The molecule has 0 saturated heterocycles. The van der Waals surface area contributed by atoms with Gasteiger partial charge >= 0.3 is 6.36 Å². The maximum atomic E-state index is 12.3. The van der Waals surface area contributed by atoms with Crippen LogP contribution in [-0.4, -0.2) is 6.36 Å². The Labute approximate surface area is 120 Å². The molecular weight excluding hydrogens is 279 g/mol. The molecule has 1 unspecified atom stereocenters. The van der Waals surface area contributed by atoms with Crippen LogP contribution in [0.4, 0.5) is 18.9 Å². The van der Waals surface area contributed by atoms with E-state index in [4.69, 9.17) is 0 Å². The van der Waals surface area contributed by atoms with E-state index in [0.29, 0.717) is 0 Å². The summed E-state index contributed by atoms with van der Waals surface area (Å²) in [6.07, 6.45) is -3.90. The molecule has 5 heteroatoms. The number of benzene rings is 2. The molecule has 0 saturated carbocycles. The van der Waals surface area contributed by atoms with Gasteiger partial charge in [-0.05, 0) is 48.2 Å². The zero-order valence-corrected chi connectivity index (χ0v) is 11.4. The molecule has 1 atom stereocenters. The zero-order chi connectivity index (χ0) is 15.0. The third-order valence-corrected chi connectivity index (χ3v) is 3.64. The molecule has 0 spiro atoms. The van der Waals surface area contributed by atoms with Crippen molar-refractivity contribution in [3.05, 3.63) is 59.2 Å². The first kappa shape index (κ1) is 13.8. The van der Waals surface area contributed by atoms with Crippen molar-refractivity contribution >= 4 is 5.69 Å². The van der Waals surface area contributed by atoms with Gasteiger partial charge in [0, 0.05) is 5.69 Å². The normalized spacial score (nSPS) is 17.2. The van der Waals surface area contributed by atoms with Gasteiger partial charge in [-0.25, -0.2) is 0 Å². The molecule has 0 fully saturated rings. The largest absolute Gasteiger partial charge is 0.573 e. The average Bonchev–Trinajstić information content (AvgIpc) is 2.82. The highest BCUT2D eigenvalue weighted by Gasteiger charge is 2.31. The van der Waals surface area contributed by atoms with Crippen LogP contribution in [0.2, 0.25) is 0 Å². The molecular formula is C16H14F3NO. The first-order valence-electron chi connectivity index (χ1n) is 6.63. The summed E-state index contributed by atoms with van der Waals surface area (Å²) in [6.45, 7) is 2.03. The van der Waals surface area contributed by atoms with Crippen molar-refractivity contribution in [3.8, 4) is 5.75 Å². The first-order chi connectivity index (χ1) is 9.92. The molecule has 0 aliphatic carbocycles. The van der Waals surface area contributed by atoms with Gasteiger partial charge in [0.25, 0.3) is 0 Å². The van der Waals surface area contributed by atoms with E-state index in [9.17, 15) is 13.2 Å². The molecule has 2 aromatic carbocycles. The minimum atomic E-state index is -4.67. The van der Waals surface area contributed by atoms with Gasteiger partial charge in [-0.3, -0.25) is 0 Å². The topological polar surface area (TPSA) is 21.3 Å². The molecule has 21 heavy (non-hydrogen) atoms. The molecule has 1 aliphatic rings.